The lowest BCUT2D eigenvalue weighted by molar-refractivity contribution is -0.148. The van der Waals surface area contributed by atoms with Gasteiger partial charge in [0, 0.05) is 12.8 Å². The molecule has 0 aromatic carbocycles. The molecule has 418 valence electrons. The van der Waals surface area contributed by atoms with E-state index in [4.69, 9.17) is 14.0 Å². The lowest BCUT2D eigenvalue weighted by atomic mass is 10.0. The predicted molar refractivity (Wildman–Crippen MR) is 288 cm³/mol. The molecule has 0 amide bonds. The summed E-state index contributed by atoms with van der Waals surface area (Å²) >= 11 is 0. The highest BCUT2D eigenvalue weighted by Crippen LogP contribution is 2.45. The summed E-state index contributed by atoms with van der Waals surface area (Å²) in [5.74, 6) is -1.03. The Morgan fingerprint density at radius 1 is 0.375 bits per heavy atom. The standard InChI is InChI=1S/C55H98O15P2/c1-3-5-7-9-11-13-15-17-19-21-23-24-26-28-30-32-34-36-38-40-42-44-55(60)66-46-52(57)48-68-72(63,64)70-50-53(58)49-69-71(61,62)67-47-51(56)45-65-54(59)43-41-39-37-35-33-31-29-27-25-22-20-18-16-14-12-10-8-6-4-2/h6,8,12,14,17-20,25,27,31,33,51-53,56-58H,3-5,7,9-11,13,15-16,21-24,26,28-30,32,34-50H2,1-2H3,(H,61,62)(H,63,64)/b8-6-,14-12-,19-17+,20-18-,27-25-,33-31-. The molecule has 0 rings (SSSR count). The number of unbranched alkanes of at least 4 members (excludes halogenated alkanes) is 20. The third-order valence-corrected chi connectivity index (χ3v) is 13.0. The van der Waals surface area contributed by atoms with Crippen LogP contribution in [0.3, 0.4) is 0 Å². The molecule has 0 spiro atoms. The van der Waals surface area contributed by atoms with E-state index in [1.807, 2.05) is 0 Å². The number of phosphoric ester groups is 2. The zero-order valence-electron chi connectivity index (χ0n) is 44.3. The fraction of sp³-hybridized carbons (Fsp3) is 0.745. The molecule has 0 fully saturated rings. The molecule has 0 heterocycles. The van der Waals surface area contributed by atoms with Crippen LogP contribution >= 0.6 is 15.6 Å². The molecule has 5 N–H and O–H groups in total. The quantitative estimate of drug-likeness (QED) is 0.0165. The normalized spacial score (nSPS) is 15.4. The third-order valence-electron chi connectivity index (χ3n) is 11.1. The molecule has 5 unspecified atom stereocenters. The van der Waals surface area contributed by atoms with Crippen LogP contribution in [0, 0.1) is 0 Å². The van der Waals surface area contributed by atoms with Gasteiger partial charge in [-0.2, -0.15) is 0 Å². The summed E-state index contributed by atoms with van der Waals surface area (Å²) in [5, 5.41) is 30.1. The lowest BCUT2D eigenvalue weighted by Crippen LogP contribution is -2.25. The van der Waals surface area contributed by atoms with E-state index in [2.05, 4.69) is 100 Å². The second kappa shape index (κ2) is 50.6. The number of carbonyl (C=O) groups excluding carboxylic acids is 2. The van der Waals surface area contributed by atoms with E-state index in [1.54, 1.807) is 0 Å². The van der Waals surface area contributed by atoms with Crippen LogP contribution in [-0.4, -0.2) is 95.0 Å². The van der Waals surface area contributed by atoms with Crippen molar-refractivity contribution in [3.05, 3.63) is 72.9 Å². The number of aliphatic hydroxyl groups is 3. The maximum atomic E-state index is 12.2. The van der Waals surface area contributed by atoms with Crippen molar-refractivity contribution in [2.75, 3.05) is 39.6 Å². The SMILES string of the molecule is CC/C=C\C/C=C\C/C=C\C/C=C\C/C=C\CCCCCC(=O)OCC(O)COP(=O)(O)OCC(O)COP(=O)(O)OCC(O)COC(=O)CCCCCCCCCCCCC/C=C/CCCCCCCC. The van der Waals surface area contributed by atoms with Gasteiger partial charge in [-0.3, -0.25) is 27.7 Å². The minimum Gasteiger partial charge on any atom is -0.463 e. The van der Waals surface area contributed by atoms with E-state index in [0.29, 0.717) is 12.8 Å². The van der Waals surface area contributed by atoms with Gasteiger partial charge in [-0.1, -0.05) is 183 Å². The second-order valence-electron chi connectivity index (χ2n) is 18.2. The van der Waals surface area contributed by atoms with Gasteiger partial charge in [-0.25, -0.2) is 9.13 Å². The number of esters is 2. The molecule has 0 bridgehead atoms. The smallest absolute Gasteiger partial charge is 0.463 e. The number of hydrogen-bond acceptors (Lipinski definition) is 13. The minimum absolute atomic E-state index is 0.154. The maximum Gasteiger partial charge on any atom is 0.472 e. The van der Waals surface area contributed by atoms with E-state index in [9.17, 15) is 43.8 Å². The van der Waals surface area contributed by atoms with Gasteiger partial charge in [0.05, 0.1) is 26.4 Å². The molecule has 72 heavy (non-hydrogen) atoms. The van der Waals surface area contributed by atoms with Gasteiger partial charge in [0.25, 0.3) is 0 Å². The molecular formula is C55H98O15P2. The molecular weight excluding hydrogens is 963 g/mol. The number of ether oxygens (including phenoxy) is 2. The Balaban J connectivity index is 3.87. The average Bonchev–Trinajstić information content (AvgIpc) is 3.36. The number of allylic oxidation sites excluding steroid dienone is 12. The molecule has 0 aliphatic heterocycles. The molecule has 15 nitrogen and oxygen atoms in total. The van der Waals surface area contributed by atoms with Gasteiger partial charge in [0.15, 0.2) is 0 Å². The summed E-state index contributed by atoms with van der Waals surface area (Å²) < 4.78 is 53.1. The fourth-order valence-corrected chi connectivity index (χ4v) is 8.53. The van der Waals surface area contributed by atoms with Gasteiger partial charge >= 0.3 is 27.6 Å². The number of rotatable bonds is 52. The minimum atomic E-state index is -4.80. The molecule has 0 aromatic rings. The molecule has 0 saturated carbocycles. The largest absolute Gasteiger partial charge is 0.472 e. The van der Waals surface area contributed by atoms with Crippen LogP contribution in [0.15, 0.2) is 72.9 Å². The first-order valence-electron chi connectivity index (χ1n) is 27.3. The van der Waals surface area contributed by atoms with Crippen molar-refractivity contribution in [2.45, 2.75) is 225 Å². The summed E-state index contributed by atoms with van der Waals surface area (Å²) in [5.41, 5.74) is 0. The molecule has 0 aliphatic rings. The van der Waals surface area contributed by atoms with E-state index in [0.717, 1.165) is 70.6 Å². The van der Waals surface area contributed by atoms with Crippen molar-refractivity contribution in [2.24, 2.45) is 0 Å². The van der Waals surface area contributed by atoms with E-state index in [-0.39, 0.29) is 12.8 Å². The Bertz CT molecular complexity index is 1560. The first-order chi connectivity index (χ1) is 34.8. The molecule has 0 radical (unpaired) electrons. The highest BCUT2D eigenvalue weighted by Gasteiger charge is 2.28. The van der Waals surface area contributed by atoms with Crippen molar-refractivity contribution >= 4 is 27.6 Å². The van der Waals surface area contributed by atoms with Gasteiger partial charge in [0.2, 0.25) is 0 Å². The molecule has 17 heteroatoms. The van der Waals surface area contributed by atoms with Crippen molar-refractivity contribution < 1.29 is 71.4 Å². The predicted octanol–water partition coefficient (Wildman–Crippen LogP) is 13.5. The third kappa shape index (κ3) is 52.3. The van der Waals surface area contributed by atoms with E-state index in [1.165, 1.54) is 96.3 Å². The van der Waals surface area contributed by atoms with Crippen LogP contribution in [-0.2, 0) is 46.3 Å². The van der Waals surface area contributed by atoms with Crippen LogP contribution in [0.25, 0.3) is 0 Å². The Morgan fingerprint density at radius 3 is 0.986 bits per heavy atom. The molecule has 5 atom stereocenters. The first-order valence-corrected chi connectivity index (χ1v) is 30.3. The molecule has 0 aliphatic carbocycles. The summed E-state index contributed by atoms with van der Waals surface area (Å²) in [4.78, 5) is 43.9. The van der Waals surface area contributed by atoms with Gasteiger partial charge < -0.3 is 34.6 Å². The summed E-state index contributed by atoms with van der Waals surface area (Å²) in [6.45, 7) is 0.281. The molecule has 0 aromatic heterocycles. The average molecular weight is 1060 g/mol. The van der Waals surface area contributed by atoms with Crippen LogP contribution in [0.2, 0.25) is 0 Å². The van der Waals surface area contributed by atoms with Crippen LogP contribution < -0.4 is 0 Å². The number of hydrogen-bond donors (Lipinski definition) is 5. The number of aliphatic hydroxyl groups excluding tert-OH is 3. The summed E-state index contributed by atoms with van der Waals surface area (Å²) in [7, 11) is -9.60. The highest BCUT2D eigenvalue weighted by atomic mass is 31.2. The monoisotopic (exact) mass is 1060 g/mol. The van der Waals surface area contributed by atoms with Crippen LogP contribution in [0.1, 0.15) is 206 Å². The van der Waals surface area contributed by atoms with Gasteiger partial charge in [-0.05, 0) is 83.5 Å². The highest BCUT2D eigenvalue weighted by molar-refractivity contribution is 7.47. The Kier molecular flexibility index (Phi) is 48.9. The Morgan fingerprint density at radius 2 is 0.639 bits per heavy atom. The zero-order chi connectivity index (χ0) is 53.1. The van der Waals surface area contributed by atoms with Gasteiger partial charge in [0.1, 0.15) is 31.5 Å². The van der Waals surface area contributed by atoms with Gasteiger partial charge in [-0.15, -0.1) is 0 Å². The topological polar surface area (TPSA) is 225 Å². The summed E-state index contributed by atoms with van der Waals surface area (Å²) in [6.07, 6.45) is 53.1. The lowest BCUT2D eigenvalue weighted by Gasteiger charge is -2.19. The van der Waals surface area contributed by atoms with Crippen molar-refractivity contribution in [1.29, 1.82) is 0 Å². The van der Waals surface area contributed by atoms with Crippen molar-refractivity contribution in [3.63, 3.8) is 0 Å². The maximum absolute atomic E-state index is 12.2. The van der Waals surface area contributed by atoms with Crippen LogP contribution in [0.5, 0.6) is 0 Å². The second-order valence-corrected chi connectivity index (χ2v) is 21.1. The molecule has 0 saturated heterocycles. The van der Waals surface area contributed by atoms with E-state index >= 15 is 0 Å². The summed E-state index contributed by atoms with van der Waals surface area (Å²) in [6, 6.07) is 0. The van der Waals surface area contributed by atoms with Crippen LogP contribution in [0.4, 0.5) is 0 Å². The van der Waals surface area contributed by atoms with Crippen molar-refractivity contribution in [1.82, 2.24) is 0 Å². The number of carbonyl (C=O) groups is 2. The number of phosphoric acid groups is 2. The Labute approximate surface area is 434 Å². The Hall–Kier alpha value is -2.52. The van der Waals surface area contributed by atoms with E-state index < -0.39 is 85.5 Å². The zero-order valence-corrected chi connectivity index (χ0v) is 46.1. The van der Waals surface area contributed by atoms with Crippen molar-refractivity contribution in [3.8, 4) is 0 Å². The fourth-order valence-electron chi connectivity index (χ4n) is 6.94. The first kappa shape index (κ1) is 69.5.